The van der Waals surface area contributed by atoms with Gasteiger partial charge < -0.3 is 9.84 Å². The number of rotatable bonds is 6. The van der Waals surface area contributed by atoms with Crippen molar-refractivity contribution >= 4 is 5.97 Å². The summed E-state index contributed by atoms with van der Waals surface area (Å²) >= 11 is 0. The number of para-hydroxylation sites is 1. The second kappa shape index (κ2) is 6.09. The summed E-state index contributed by atoms with van der Waals surface area (Å²) in [7, 11) is 0. The van der Waals surface area contributed by atoms with Gasteiger partial charge in [-0.3, -0.25) is 4.79 Å². The maximum atomic E-state index is 11.5. The van der Waals surface area contributed by atoms with E-state index in [4.69, 9.17) is 4.74 Å². The Bertz CT molecular complexity index is 415. The van der Waals surface area contributed by atoms with E-state index in [0.29, 0.717) is 12.5 Å². The van der Waals surface area contributed by atoms with Gasteiger partial charge >= 0.3 is 5.97 Å². The summed E-state index contributed by atoms with van der Waals surface area (Å²) in [6, 6.07) is 9.67. The van der Waals surface area contributed by atoms with Gasteiger partial charge in [-0.2, -0.15) is 0 Å². The molecule has 0 bridgehead atoms. The lowest BCUT2D eigenvalue weighted by molar-refractivity contribution is -0.149. The lowest BCUT2D eigenvalue weighted by Crippen LogP contribution is -2.28. The van der Waals surface area contributed by atoms with Gasteiger partial charge in [-0.05, 0) is 50.2 Å². The minimum Gasteiger partial charge on any atom is -0.494 e. The van der Waals surface area contributed by atoms with Crippen molar-refractivity contribution in [2.75, 3.05) is 6.61 Å². The van der Waals surface area contributed by atoms with Crippen molar-refractivity contribution in [1.82, 2.24) is 0 Å². The molecule has 0 amide bonds. The van der Waals surface area contributed by atoms with Crippen LogP contribution in [0.5, 0.6) is 5.75 Å². The van der Waals surface area contributed by atoms with Crippen LogP contribution in [0.25, 0.3) is 0 Å². The maximum Gasteiger partial charge on any atom is 0.309 e. The molecule has 0 aliphatic heterocycles. The molecule has 1 aromatic rings. The first-order chi connectivity index (χ1) is 9.12. The molecule has 0 saturated heterocycles. The molecule has 1 saturated carbocycles. The Balaban J connectivity index is 1.79. The van der Waals surface area contributed by atoms with E-state index in [1.807, 2.05) is 30.3 Å². The van der Waals surface area contributed by atoms with Gasteiger partial charge in [0.15, 0.2) is 0 Å². The molecule has 3 nitrogen and oxygen atoms in total. The molecule has 1 aliphatic carbocycles. The minimum atomic E-state index is -0.628. The van der Waals surface area contributed by atoms with Crippen LogP contribution in [0.4, 0.5) is 0 Å². The van der Waals surface area contributed by atoms with Crippen molar-refractivity contribution in [2.24, 2.45) is 11.3 Å². The zero-order valence-electron chi connectivity index (χ0n) is 11.5. The van der Waals surface area contributed by atoms with Crippen LogP contribution in [0, 0.1) is 11.3 Å². The average Bonchev–Trinajstić information content (AvgIpc) is 2.79. The van der Waals surface area contributed by atoms with Crippen LogP contribution in [0.1, 0.15) is 39.0 Å². The normalized spacial score (nSPS) is 26.3. The highest BCUT2D eigenvalue weighted by molar-refractivity contribution is 5.75. The molecule has 104 valence electrons. The van der Waals surface area contributed by atoms with Crippen LogP contribution in [-0.2, 0) is 4.79 Å². The van der Waals surface area contributed by atoms with E-state index in [9.17, 15) is 9.90 Å². The Labute approximate surface area is 114 Å². The first kappa shape index (κ1) is 13.9. The van der Waals surface area contributed by atoms with Crippen molar-refractivity contribution < 1.29 is 14.6 Å². The van der Waals surface area contributed by atoms with Crippen LogP contribution < -0.4 is 4.74 Å². The Morgan fingerprint density at radius 3 is 2.74 bits per heavy atom. The third-order valence-corrected chi connectivity index (χ3v) is 4.12. The van der Waals surface area contributed by atoms with E-state index in [0.717, 1.165) is 37.9 Å². The lowest BCUT2D eigenvalue weighted by Gasteiger charge is -2.24. The Kier molecular flexibility index (Phi) is 4.46. The van der Waals surface area contributed by atoms with Crippen molar-refractivity contribution in [3.8, 4) is 5.75 Å². The second-order valence-corrected chi connectivity index (χ2v) is 5.70. The highest BCUT2D eigenvalue weighted by Crippen LogP contribution is 2.45. The quantitative estimate of drug-likeness (QED) is 0.794. The van der Waals surface area contributed by atoms with Crippen molar-refractivity contribution in [3.63, 3.8) is 0 Å². The zero-order valence-corrected chi connectivity index (χ0v) is 11.5. The molecule has 1 aliphatic rings. The summed E-state index contributed by atoms with van der Waals surface area (Å²) in [5.74, 6) is 0.759. The van der Waals surface area contributed by atoms with E-state index in [-0.39, 0.29) is 0 Å². The number of carboxylic acids is 1. The van der Waals surface area contributed by atoms with Gasteiger partial charge in [0.05, 0.1) is 12.0 Å². The van der Waals surface area contributed by atoms with Gasteiger partial charge in [-0.1, -0.05) is 25.1 Å². The first-order valence-corrected chi connectivity index (χ1v) is 7.04. The Morgan fingerprint density at radius 2 is 2.16 bits per heavy atom. The monoisotopic (exact) mass is 262 g/mol. The summed E-state index contributed by atoms with van der Waals surface area (Å²) in [4.78, 5) is 11.5. The van der Waals surface area contributed by atoms with E-state index >= 15 is 0 Å². The molecule has 0 heterocycles. The van der Waals surface area contributed by atoms with E-state index in [2.05, 4.69) is 6.92 Å². The minimum absolute atomic E-state index is 0.501. The van der Waals surface area contributed by atoms with Crippen molar-refractivity contribution in [2.45, 2.75) is 39.0 Å². The zero-order chi connectivity index (χ0) is 13.7. The maximum absolute atomic E-state index is 11.5. The first-order valence-electron chi connectivity index (χ1n) is 7.04. The molecule has 0 spiro atoms. The molecule has 2 rings (SSSR count). The Morgan fingerprint density at radius 1 is 1.42 bits per heavy atom. The fourth-order valence-electron chi connectivity index (χ4n) is 3.04. The summed E-state index contributed by atoms with van der Waals surface area (Å²) < 4.78 is 5.62. The van der Waals surface area contributed by atoms with Crippen molar-refractivity contribution in [3.05, 3.63) is 30.3 Å². The molecule has 19 heavy (non-hydrogen) atoms. The number of aliphatic carboxylic acids is 1. The standard InChI is InChI=1S/C16H22O3/c1-13-8-10-16(12-13,15(17)18)9-5-11-19-14-6-3-2-4-7-14/h2-4,6-7,13H,5,8-12H2,1H3,(H,17,18). The molecule has 1 fully saturated rings. The molecule has 0 radical (unpaired) electrons. The number of hydrogen-bond donors (Lipinski definition) is 1. The predicted octanol–water partition coefficient (Wildman–Crippen LogP) is 3.74. The molecule has 1 N–H and O–H groups in total. The van der Waals surface area contributed by atoms with Crippen LogP contribution in [0.2, 0.25) is 0 Å². The van der Waals surface area contributed by atoms with Crippen LogP contribution >= 0.6 is 0 Å². The fraction of sp³-hybridized carbons (Fsp3) is 0.562. The van der Waals surface area contributed by atoms with E-state index in [1.54, 1.807) is 0 Å². The SMILES string of the molecule is CC1CCC(CCCOc2ccccc2)(C(=O)O)C1. The summed E-state index contributed by atoms with van der Waals surface area (Å²) in [6.45, 7) is 2.73. The molecule has 2 unspecified atom stereocenters. The van der Waals surface area contributed by atoms with Crippen molar-refractivity contribution in [1.29, 1.82) is 0 Å². The van der Waals surface area contributed by atoms with Crippen LogP contribution in [-0.4, -0.2) is 17.7 Å². The van der Waals surface area contributed by atoms with Gasteiger partial charge in [0.25, 0.3) is 0 Å². The average molecular weight is 262 g/mol. The van der Waals surface area contributed by atoms with Gasteiger partial charge in [0, 0.05) is 0 Å². The number of ether oxygens (including phenoxy) is 1. The number of carboxylic acid groups (broad SMARTS) is 1. The van der Waals surface area contributed by atoms with E-state index < -0.39 is 11.4 Å². The molecule has 2 atom stereocenters. The molecular weight excluding hydrogens is 240 g/mol. The lowest BCUT2D eigenvalue weighted by atomic mass is 9.81. The number of carbonyl (C=O) groups is 1. The van der Waals surface area contributed by atoms with E-state index in [1.165, 1.54) is 0 Å². The smallest absolute Gasteiger partial charge is 0.309 e. The summed E-state index contributed by atoms with van der Waals surface area (Å²) in [5, 5.41) is 9.46. The molecule has 0 aromatic heterocycles. The Hall–Kier alpha value is -1.51. The van der Waals surface area contributed by atoms with Crippen LogP contribution in [0.3, 0.4) is 0 Å². The highest BCUT2D eigenvalue weighted by Gasteiger charge is 2.43. The van der Waals surface area contributed by atoms with Gasteiger partial charge in [0.2, 0.25) is 0 Å². The van der Waals surface area contributed by atoms with Gasteiger partial charge in [-0.15, -0.1) is 0 Å². The third-order valence-electron chi connectivity index (χ3n) is 4.12. The number of hydrogen-bond acceptors (Lipinski definition) is 2. The molecule has 3 heteroatoms. The summed E-state index contributed by atoms with van der Waals surface area (Å²) in [6.07, 6.45) is 4.18. The van der Waals surface area contributed by atoms with Gasteiger partial charge in [0.1, 0.15) is 5.75 Å². The molecular formula is C16H22O3. The van der Waals surface area contributed by atoms with Crippen LogP contribution in [0.15, 0.2) is 30.3 Å². The largest absolute Gasteiger partial charge is 0.494 e. The predicted molar refractivity (Wildman–Crippen MR) is 74.3 cm³/mol. The number of benzene rings is 1. The fourth-order valence-corrected chi connectivity index (χ4v) is 3.04. The summed E-state index contributed by atoms with van der Waals surface area (Å²) in [5.41, 5.74) is -0.501. The third kappa shape index (κ3) is 3.49. The topological polar surface area (TPSA) is 46.5 Å². The second-order valence-electron chi connectivity index (χ2n) is 5.70. The molecule has 1 aromatic carbocycles. The van der Waals surface area contributed by atoms with Gasteiger partial charge in [-0.25, -0.2) is 0 Å². The highest BCUT2D eigenvalue weighted by atomic mass is 16.5.